The molecule has 1 atom stereocenters. The zero-order valence-electron chi connectivity index (χ0n) is 10.8. The molecular formula is C15H21N3. The largest absolute Gasteiger partial charge is 0.356 e. The highest BCUT2D eigenvalue weighted by molar-refractivity contribution is 5.81. The normalized spacial score (nSPS) is 25.0. The third-order valence-corrected chi connectivity index (χ3v) is 4.10. The van der Waals surface area contributed by atoms with Gasteiger partial charge in [0, 0.05) is 38.6 Å². The van der Waals surface area contributed by atoms with Gasteiger partial charge in [-0.15, -0.1) is 0 Å². The fourth-order valence-corrected chi connectivity index (χ4v) is 3.15. The molecule has 2 fully saturated rings. The van der Waals surface area contributed by atoms with E-state index in [0.717, 1.165) is 31.9 Å². The van der Waals surface area contributed by atoms with Crippen molar-refractivity contribution >= 4 is 5.84 Å². The molecule has 1 unspecified atom stereocenters. The van der Waals surface area contributed by atoms with E-state index >= 15 is 0 Å². The molecule has 0 bridgehead atoms. The molecule has 1 N–H and O–H groups in total. The van der Waals surface area contributed by atoms with Crippen molar-refractivity contribution in [1.82, 2.24) is 9.80 Å². The van der Waals surface area contributed by atoms with Gasteiger partial charge in [0.15, 0.2) is 0 Å². The molecule has 0 radical (unpaired) electrons. The zero-order chi connectivity index (χ0) is 12.4. The third-order valence-electron chi connectivity index (χ3n) is 4.10. The molecular weight excluding hydrogens is 222 g/mol. The first-order chi connectivity index (χ1) is 8.83. The van der Waals surface area contributed by atoms with E-state index in [-0.39, 0.29) is 0 Å². The van der Waals surface area contributed by atoms with E-state index in [1.165, 1.54) is 24.9 Å². The smallest absolute Gasteiger partial charge is 0.0961 e. The van der Waals surface area contributed by atoms with Crippen molar-refractivity contribution in [3.8, 4) is 0 Å². The lowest BCUT2D eigenvalue weighted by molar-refractivity contribution is 0.284. The topological polar surface area (TPSA) is 30.3 Å². The van der Waals surface area contributed by atoms with E-state index in [9.17, 15) is 0 Å². The highest BCUT2D eigenvalue weighted by Gasteiger charge is 2.31. The van der Waals surface area contributed by atoms with Crippen molar-refractivity contribution in [1.29, 1.82) is 5.41 Å². The maximum Gasteiger partial charge on any atom is 0.0961 e. The minimum atomic E-state index is 0.587. The van der Waals surface area contributed by atoms with Crippen LogP contribution in [-0.4, -0.2) is 41.3 Å². The zero-order valence-corrected chi connectivity index (χ0v) is 10.8. The lowest BCUT2D eigenvalue weighted by atomic mass is 10.2. The third kappa shape index (κ3) is 2.41. The first-order valence-electron chi connectivity index (χ1n) is 6.93. The Labute approximate surface area is 109 Å². The molecule has 18 heavy (non-hydrogen) atoms. The maximum atomic E-state index is 7.97. The van der Waals surface area contributed by atoms with Crippen LogP contribution >= 0.6 is 0 Å². The summed E-state index contributed by atoms with van der Waals surface area (Å²) in [4.78, 5) is 4.84. The molecule has 2 heterocycles. The van der Waals surface area contributed by atoms with Crippen molar-refractivity contribution < 1.29 is 0 Å². The predicted octanol–water partition coefficient (Wildman–Crippen LogP) is 2.33. The van der Waals surface area contributed by atoms with Crippen molar-refractivity contribution in [2.45, 2.75) is 31.8 Å². The minimum absolute atomic E-state index is 0.587. The van der Waals surface area contributed by atoms with Crippen LogP contribution in [0.4, 0.5) is 0 Å². The molecule has 0 aliphatic carbocycles. The van der Waals surface area contributed by atoms with E-state index < -0.39 is 0 Å². The highest BCUT2D eigenvalue weighted by Crippen LogP contribution is 2.22. The van der Waals surface area contributed by atoms with Crippen molar-refractivity contribution in [3.63, 3.8) is 0 Å². The van der Waals surface area contributed by atoms with Crippen LogP contribution in [-0.2, 0) is 6.54 Å². The first-order valence-corrected chi connectivity index (χ1v) is 6.93. The second kappa shape index (κ2) is 5.11. The van der Waals surface area contributed by atoms with Gasteiger partial charge < -0.3 is 4.90 Å². The Morgan fingerprint density at radius 1 is 1.17 bits per heavy atom. The average Bonchev–Trinajstić information content (AvgIpc) is 2.99. The van der Waals surface area contributed by atoms with Crippen LogP contribution in [0.5, 0.6) is 0 Å². The maximum absolute atomic E-state index is 7.97. The van der Waals surface area contributed by atoms with E-state index in [4.69, 9.17) is 5.41 Å². The highest BCUT2D eigenvalue weighted by atomic mass is 15.3. The second-order valence-electron chi connectivity index (χ2n) is 5.41. The number of benzene rings is 1. The summed E-state index contributed by atoms with van der Waals surface area (Å²) in [5.41, 5.74) is 1.40. The summed E-state index contributed by atoms with van der Waals surface area (Å²) in [5, 5.41) is 7.97. The van der Waals surface area contributed by atoms with E-state index in [1.54, 1.807) is 0 Å². The Morgan fingerprint density at radius 2 is 2.00 bits per heavy atom. The molecule has 2 aliphatic heterocycles. The molecule has 96 valence electrons. The van der Waals surface area contributed by atoms with Gasteiger partial charge in [-0.05, 0) is 18.4 Å². The van der Waals surface area contributed by atoms with Gasteiger partial charge in [0.05, 0.1) is 5.84 Å². The Morgan fingerprint density at radius 3 is 2.72 bits per heavy atom. The number of nitrogens with one attached hydrogen (secondary N) is 1. The predicted molar refractivity (Wildman–Crippen MR) is 73.8 cm³/mol. The molecule has 2 aliphatic rings. The van der Waals surface area contributed by atoms with Crippen LogP contribution in [0, 0.1) is 5.41 Å². The van der Waals surface area contributed by atoms with Crippen LogP contribution in [0.1, 0.15) is 24.8 Å². The fraction of sp³-hybridized carbons (Fsp3) is 0.533. The van der Waals surface area contributed by atoms with E-state index in [1.807, 2.05) is 0 Å². The van der Waals surface area contributed by atoms with Crippen LogP contribution in [0.15, 0.2) is 30.3 Å². The fourth-order valence-electron chi connectivity index (χ4n) is 3.15. The molecule has 3 heteroatoms. The van der Waals surface area contributed by atoms with Crippen LogP contribution in [0.3, 0.4) is 0 Å². The number of hydrogen-bond acceptors (Lipinski definition) is 2. The summed E-state index contributed by atoms with van der Waals surface area (Å²) >= 11 is 0. The summed E-state index contributed by atoms with van der Waals surface area (Å²) < 4.78 is 0. The van der Waals surface area contributed by atoms with Gasteiger partial charge in [0.25, 0.3) is 0 Å². The van der Waals surface area contributed by atoms with E-state index in [0.29, 0.717) is 6.04 Å². The first kappa shape index (κ1) is 11.7. The quantitative estimate of drug-likeness (QED) is 0.883. The molecule has 3 nitrogen and oxygen atoms in total. The minimum Gasteiger partial charge on any atom is -0.356 e. The summed E-state index contributed by atoms with van der Waals surface area (Å²) in [7, 11) is 0. The van der Waals surface area contributed by atoms with Crippen LogP contribution in [0.2, 0.25) is 0 Å². The lowest BCUT2D eigenvalue weighted by Gasteiger charge is -2.26. The molecule has 0 spiro atoms. The molecule has 1 aromatic carbocycles. The Bertz CT molecular complexity index is 415. The summed E-state index contributed by atoms with van der Waals surface area (Å²) in [5.74, 6) is 0.863. The lowest BCUT2D eigenvalue weighted by Crippen LogP contribution is -2.37. The average molecular weight is 243 g/mol. The summed E-state index contributed by atoms with van der Waals surface area (Å²) in [6.07, 6.45) is 3.37. The number of nitrogens with zero attached hydrogens (tertiary/aromatic N) is 2. The van der Waals surface area contributed by atoms with Gasteiger partial charge in [-0.1, -0.05) is 30.3 Å². The van der Waals surface area contributed by atoms with Crippen LogP contribution in [0.25, 0.3) is 0 Å². The molecule has 0 amide bonds. The van der Waals surface area contributed by atoms with Gasteiger partial charge in [-0.25, -0.2) is 0 Å². The Hall–Kier alpha value is -1.35. The van der Waals surface area contributed by atoms with Crippen molar-refractivity contribution in [2.24, 2.45) is 0 Å². The number of amidine groups is 1. The van der Waals surface area contributed by atoms with Crippen molar-refractivity contribution in [3.05, 3.63) is 35.9 Å². The summed E-state index contributed by atoms with van der Waals surface area (Å²) in [6.45, 7) is 4.45. The second-order valence-corrected chi connectivity index (χ2v) is 5.41. The van der Waals surface area contributed by atoms with E-state index in [2.05, 4.69) is 40.1 Å². The van der Waals surface area contributed by atoms with Gasteiger partial charge in [0.1, 0.15) is 0 Å². The Kier molecular flexibility index (Phi) is 3.33. The molecule has 2 saturated heterocycles. The van der Waals surface area contributed by atoms with Gasteiger partial charge in [-0.2, -0.15) is 0 Å². The molecule has 0 aromatic heterocycles. The number of likely N-dealkylation sites (tertiary alicyclic amines) is 2. The Balaban J connectivity index is 1.57. The summed E-state index contributed by atoms with van der Waals surface area (Å²) in [6, 6.07) is 11.3. The number of hydrogen-bond donors (Lipinski definition) is 1. The SMILES string of the molecule is N=C1CCCN1C1CCN(Cc2ccccc2)C1. The molecule has 3 rings (SSSR count). The standard InChI is InChI=1S/C15H21N3/c16-15-7-4-9-18(15)14-8-10-17(12-14)11-13-5-2-1-3-6-13/h1-3,5-6,14,16H,4,7-12H2. The van der Waals surface area contributed by atoms with Gasteiger partial charge in [-0.3, -0.25) is 10.3 Å². The number of rotatable bonds is 3. The van der Waals surface area contributed by atoms with Gasteiger partial charge in [0.2, 0.25) is 0 Å². The van der Waals surface area contributed by atoms with Crippen molar-refractivity contribution in [2.75, 3.05) is 19.6 Å². The molecule has 0 saturated carbocycles. The van der Waals surface area contributed by atoms with Crippen LogP contribution < -0.4 is 0 Å². The molecule has 1 aromatic rings. The monoisotopic (exact) mass is 243 g/mol. The van der Waals surface area contributed by atoms with Gasteiger partial charge >= 0.3 is 0 Å².